The van der Waals surface area contributed by atoms with Crippen LogP contribution in [0.15, 0.2) is 40.3 Å². The summed E-state index contributed by atoms with van der Waals surface area (Å²) in [4.78, 5) is 19.1. The highest BCUT2D eigenvalue weighted by Crippen LogP contribution is 2.21. The minimum atomic E-state index is -0.0979. The molecule has 1 unspecified atom stereocenters. The van der Waals surface area contributed by atoms with Crippen molar-refractivity contribution in [1.29, 1.82) is 0 Å². The smallest absolute Gasteiger partial charge is 0.251 e. The first-order valence-corrected chi connectivity index (χ1v) is 7.88. The predicted octanol–water partition coefficient (Wildman–Crippen LogP) is 3.26. The van der Waals surface area contributed by atoms with E-state index in [-0.39, 0.29) is 5.56 Å². The molecule has 0 fully saturated rings. The highest BCUT2D eigenvalue weighted by Gasteiger charge is 2.07. The zero-order valence-electron chi connectivity index (χ0n) is 12.6. The lowest BCUT2D eigenvalue weighted by Gasteiger charge is -2.08. The lowest BCUT2D eigenvalue weighted by atomic mass is 10.1. The third kappa shape index (κ3) is 4.63. The van der Waals surface area contributed by atoms with Crippen molar-refractivity contribution in [3.63, 3.8) is 0 Å². The number of benzene rings is 1. The molecule has 0 aliphatic carbocycles. The van der Waals surface area contributed by atoms with Crippen molar-refractivity contribution in [3.8, 4) is 5.75 Å². The number of thioether (sulfide) groups is 1. The summed E-state index contributed by atoms with van der Waals surface area (Å²) in [6.07, 6.45) is 1.68. The SMILES string of the molecule is CCC(C)Sc1nc(Cc2ccc(OC)cc2)cc(=O)[nH]1. The molecule has 21 heavy (non-hydrogen) atoms. The molecule has 1 heterocycles. The van der Waals surface area contributed by atoms with Gasteiger partial charge in [-0.1, -0.05) is 37.7 Å². The van der Waals surface area contributed by atoms with Crippen molar-refractivity contribution in [2.45, 2.75) is 37.1 Å². The fourth-order valence-corrected chi connectivity index (χ4v) is 2.73. The molecule has 4 nitrogen and oxygen atoms in total. The summed E-state index contributed by atoms with van der Waals surface area (Å²) < 4.78 is 5.14. The van der Waals surface area contributed by atoms with Crippen LogP contribution in [0.4, 0.5) is 0 Å². The monoisotopic (exact) mass is 304 g/mol. The molecule has 112 valence electrons. The zero-order chi connectivity index (χ0) is 15.2. The van der Waals surface area contributed by atoms with Crippen LogP contribution in [0.3, 0.4) is 0 Å². The van der Waals surface area contributed by atoms with Crippen LogP contribution in [-0.2, 0) is 6.42 Å². The third-order valence-corrected chi connectivity index (χ3v) is 4.36. The summed E-state index contributed by atoms with van der Waals surface area (Å²) in [5.41, 5.74) is 1.79. The Morgan fingerprint density at radius 1 is 1.33 bits per heavy atom. The van der Waals surface area contributed by atoms with Gasteiger partial charge in [-0.15, -0.1) is 0 Å². The van der Waals surface area contributed by atoms with E-state index in [1.165, 1.54) is 0 Å². The zero-order valence-corrected chi connectivity index (χ0v) is 13.4. The fraction of sp³-hybridized carbons (Fsp3) is 0.375. The molecule has 1 N–H and O–H groups in total. The number of hydrogen-bond acceptors (Lipinski definition) is 4. The van der Waals surface area contributed by atoms with Gasteiger partial charge in [0, 0.05) is 17.7 Å². The lowest BCUT2D eigenvalue weighted by molar-refractivity contribution is 0.414. The van der Waals surface area contributed by atoms with Gasteiger partial charge in [0.1, 0.15) is 5.75 Å². The van der Waals surface area contributed by atoms with Crippen LogP contribution in [0.1, 0.15) is 31.5 Å². The maximum absolute atomic E-state index is 11.7. The largest absolute Gasteiger partial charge is 0.497 e. The number of rotatable bonds is 6. The van der Waals surface area contributed by atoms with Crippen LogP contribution in [0.2, 0.25) is 0 Å². The number of hydrogen-bond donors (Lipinski definition) is 1. The second-order valence-corrected chi connectivity index (χ2v) is 6.33. The standard InChI is InChI=1S/C16H20N2O2S/c1-4-11(2)21-16-17-13(10-15(19)18-16)9-12-5-7-14(20-3)8-6-12/h5-8,10-11H,4,9H2,1-3H3,(H,17,18,19). The van der Waals surface area contributed by atoms with Gasteiger partial charge < -0.3 is 9.72 Å². The van der Waals surface area contributed by atoms with Crippen LogP contribution >= 0.6 is 11.8 Å². The van der Waals surface area contributed by atoms with Crippen molar-refractivity contribution < 1.29 is 4.74 Å². The second-order valence-electron chi connectivity index (χ2n) is 4.90. The summed E-state index contributed by atoms with van der Waals surface area (Å²) >= 11 is 1.60. The Morgan fingerprint density at radius 3 is 2.67 bits per heavy atom. The molecule has 0 bridgehead atoms. The van der Waals surface area contributed by atoms with E-state index in [0.29, 0.717) is 16.8 Å². The molecule has 0 saturated carbocycles. The number of ether oxygens (including phenoxy) is 1. The van der Waals surface area contributed by atoms with Gasteiger partial charge in [0.25, 0.3) is 5.56 Å². The van der Waals surface area contributed by atoms with Crippen LogP contribution in [0.25, 0.3) is 0 Å². The number of methoxy groups -OCH3 is 1. The molecule has 5 heteroatoms. The number of aromatic amines is 1. The van der Waals surface area contributed by atoms with E-state index in [9.17, 15) is 4.79 Å². The number of nitrogens with zero attached hydrogens (tertiary/aromatic N) is 1. The first-order valence-electron chi connectivity index (χ1n) is 7.00. The Labute approximate surface area is 129 Å². The summed E-state index contributed by atoms with van der Waals surface area (Å²) in [6, 6.07) is 9.37. The maximum Gasteiger partial charge on any atom is 0.251 e. The van der Waals surface area contributed by atoms with E-state index in [2.05, 4.69) is 23.8 Å². The lowest BCUT2D eigenvalue weighted by Crippen LogP contribution is -2.11. The first kappa shape index (κ1) is 15.6. The van der Waals surface area contributed by atoms with Crippen molar-refractivity contribution in [3.05, 3.63) is 51.9 Å². The van der Waals surface area contributed by atoms with E-state index in [1.807, 2.05) is 24.3 Å². The second kappa shape index (κ2) is 7.31. The van der Waals surface area contributed by atoms with Gasteiger partial charge in [0.05, 0.1) is 12.8 Å². The van der Waals surface area contributed by atoms with Crippen molar-refractivity contribution >= 4 is 11.8 Å². The van der Waals surface area contributed by atoms with Crippen LogP contribution in [-0.4, -0.2) is 22.3 Å². The molecule has 1 aromatic carbocycles. The Bertz CT molecular complexity index is 637. The summed E-state index contributed by atoms with van der Waals surface area (Å²) in [5.74, 6) is 0.825. The Morgan fingerprint density at radius 2 is 2.05 bits per heavy atom. The van der Waals surface area contributed by atoms with Gasteiger partial charge in [-0.2, -0.15) is 0 Å². The molecule has 0 amide bonds. The van der Waals surface area contributed by atoms with E-state index in [4.69, 9.17) is 4.74 Å². The topological polar surface area (TPSA) is 55.0 Å². The molecule has 2 rings (SSSR count). The van der Waals surface area contributed by atoms with Crippen LogP contribution < -0.4 is 10.3 Å². The fourth-order valence-electron chi connectivity index (χ4n) is 1.86. The van der Waals surface area contributed by atoms with Crippen molar-refractivity contribution in [2.75, 3.05) is 7.11 Å². The molecular formula is C16H20N2O2S. The van der Waals surface area contributed by atoms with Crippen molar-refractivity contribution in [1.82, 2.24) is 9.97 Å². The first-order chi connectivity index (χ1) is 10.1. The Balaban J connectivity index is 2.17. The average molecular weight is 304 g/mol. The van der Waals surface area contributed by atoms with Gasteiger partial charge in [-0.25, -0.2) is 4.98 Å². The molecule has 0 radical (unpaired) electrons. The maximum atomic E-state index is 11.7. The molecule has 1 atom stereocenters. The van der Waals surface area contributed by atoms with E-state index in [0.717, 1.165) is 23.4 Å². The van der Waals surface area contributed by atoms with Gasteiger partial charge >= 0.3 is 0 Å². The number of H-pyrrole nitrogens is 1. The van der Waals surface area contributed by atoms with Crippen LogP contribution in [0, 0.1) is 0 Å². The Hall–Kier alpha value is -1.75. The Kier molecular flexibility index (Phi) is 5.44. The molecule has 0 spiro atoms. The minimum Gasteiger partial charge on any atom is -0.497 e. The van der Waals surface area contributed by atoms with E-state index >= 15 is 0 Å². The molecule has 1 aromatic heterocycles. The molecule has 0 aliphatic heterocycles. The molecular weight excluding hydrogens is 284 g/mol. The van der Waals surface area contributed by atoms with E-state index in [1.54, 1.807) is 24.9 Å². The van der Waals surface area contributed by atoms with Gasteiger partial charge in [0.2, 0.25) is 0 Å². The molecule has 0 saturated heterocycles. The third-order valence-electron chi connectivity index (χ3n) is 3.21. The average Bonchev–Trinajstić information content (AvgIpc) is 2.47. The highest BCUT2D eigenvalue weighted by atomic mass is 32.2. The molecule has 0 aliphatic rings. The summed E-state index contributed by atoms with van der Waals surface area (Å²) in [5, 5.41) is 1.13. The predicted molar refractivity (Wildman–Crippen MR) is 86.3 cm³/mol. The summed E-state index contributed by atoms with van der Waals surface area (Å²) in [6.45, 7) is 4.25. The summed E-state index contributed by atoms with van der Waals surface area (Å²) in [7, 11) is 1.64. The van der Waals surface area contributed by atoms with Crippen LogP contribution in [0.5, 0.6) is 5.75 Å². The quantitative estimate of drug-likeness (QED) is 0.657. The minimum absolute atomic E-state index is 0.0979. The van der Waals surface area contributed by atoms with Gasteiger partial charge in [0.15, 0.2) is 5.16 Å². The van der Waals surface area contributed by atoms with E-state index < -0.39 is 0 Å². The van der Waals surface area contributed by atoms with Crippen molar-refractivity contribution in [2.24, 2.45) is 0 Å². The van der Waals surface area contributed by atoms with Gasteiger partial charge in [-0.3, -0.25) is 4.79 Å². The highest BCUT2D eigenvalue weighted by molar-refractivity contribution is 7.99. The normalized spacial score (nSPS) is 12.1. The van der Waals surface area contributed by atoms with Gasteiger partial charge in [-0.05, 0) is 24.1 Å². The molecule has 2 aromatic rings. The number of nitrogens with one attached hydrogen (secondary N) is 1. The number of aromatic nitrogens is 2.